The third-order valence-corrected chi connectivity index (χ3v) is 2.23. The van der Waals surface area contributed by atoms with Crippen molar-refractivity contribution in [2.75, 3.05) is 0 Å². The van der Waals surface area contributed by atoms with Gasteiger partial charge in [0, 0.05) is 17.2 Å². The Balaban J connectivity index is 3.38. The van der Waals surface area contributed by atoms with Crippen LogP contribution in [0, 0.1) is 10.1 Å². The summed E-state index contributed by atoms with van der Waals surface area (Å²) in [5, 5.41) is 9.97. The predicted molar refractivity (Wildman–Crippen MR) is 50.4 cm³/mol. The number of hydrogen-bond donors (Lipinski definition) is 0. The first kappa shape index (κ1) is 12.1. The molecule has 0 aliphatic rings. The molecule has 0 aromatic carbocycles. The minimum Gasteiger partial charge on any atom is -0.358 e. The van der Waals surface area contributed by atoms with Gasteiger partial charge in [0.1, 0.15) is 0 Å². The van der Waals surface area contributed by atoms with E-state index in [0.29, 0.717) is 6.07 Å². The summed E-state index contributed by atoms with van der Waals surface area (Å²) in [5.74, 6) is -0.993. The molecule has 1 rings (SSSR count). The molecule has 0 N–H and O–H groups in total. The highest BCUT2D eigenvalue weighted by molar-refractivity contribution is 6.31. The van der Waals surface area contributed by atoms with Crippen LogP contribution in [0.15, 0.2) is 6.07 Å². The maximum absolute atomic E-state index is 12.5. The van der Waals surface area contributed by atoms with E-state index in [2.05, 4.69) is 4.98 Å². The summed E-state index contributed by atoms with van der Waals surface area (Å²) >= 11 is 10.9. The standard InChI is InChI=1S/C7H4Cl2F2N2O2/c8-2-4-3(7(10)11)1-5(13(14)15)12-6(4)9/h1,7H,2H2. The van der Waals surface area contributed by atoms with E-state index in [1.54, 1.807) is 0 Å². The second-order valence-corrected chi connectivity index (χ2v) is 3.16. The zero-order chi connectivity index (χ0) is 11.6. The van der Waals surface area contributed by atoms with E-state index in [9.17, 15) is 18.9 Å². The zero-order valence-corrected chi connectivity index (χ0v) is 8.60. The lowest BCUT2D eigenvalue weighted by Gasteiger charge is -2.05. The molecule has 0 saturated heterocycles. The van der Waals surface area contributed by atoms with Crippen molar-refractivity contribution in [2.45, 2.75) is 12.3 Å². The SMILES string of the molecule is O=[N+]([O-])c1cc(C(F)F)c(CCl)c(Cl)n1. The highest BCUT2D eigenvalue weighted by atomic mass is 35.5. The minimum absolute atomic E-state index is 0.0843. The fraction of sp³-hybridized carbons (Fsp3) is 0.286. The fourth-order valence-corrected chi connectivity index (χ4v) is 1.58. The van der Waals surface area contributed by atoms with Gasteiger partial charge >= 0.3 is 5.82 Å². The van der Waals surface area contributed by atoms with Gasteiger partial charge in [-0.25, -0.2) is 8.78 Å². The van der Waals surface area contributed by atoms with Crippen LogP contribution in [0.2, 0.25) is 5.15 Å². The molecule has 1 heterocycles. The molecule has 0 spiro atoms. The molecule has 0 aliphatic carbocycles. The van der Waals surface area contributed by atoms with Crippen molar-refractivity contribution in [3.63, 3.8) is 0 Å². The van der Waals surface area contributed by atoms with E-state index in [0.717, 1.165) is 0 Å². The quantitative estimate of drug-likeness (QED) is 0.361. The van der Waals surface area contributed by atoms with Crippen molar-refractivity contribution in [3.05, 3.63) is 32.5 Å². The van der Waals surface area contributed by atoms with E-state index in [4.69, 9.17) is 23.2 Å². The molecular weight excluding hydrogens is 253 g/mol. The van der Waals surface area contributed by atoms with Gasteiger partial charge in [0.15, 0.2) is 0 Å². The highest BCUT2D eigenvalue weighted by Gasteiger charge is 2.23. The number of hydrogen-bond acceptors (Lipinski definition) is 3. The first-order valence-corrected chi connectivity index (χ1v) is 4.56. The Morgan fingerprint density at radius 1 is 1.60 bits per heavy atom. The van der Waals surface area contributed by atoms with Gasteiger partial charge in [0.2, 0.25) is 5.15 Å². The second-order valence-electron chi connectivity index (χ2n) is 2.53. The maximum atomic E-state index is 12.5. The molecule has 0 aliphatic heterocycles. The van der Waals surface area contributed by atoms with Crippen molar-refractivity contribution in [2.24, 2.45) is 0 Å². The van der Waals surface area contributed by atoms with Crippen LogP contribution < -0.4 is 0 Å². The van der Waals surface area contributed by atoms with Crippen LogP contribution in [-0.2, 0) is 5.88 Å². The first-order valence-electron chi connectivity index (χ1n) is 3.65. The molecule has 4 nitrogen and oxygen atoms in total. The maximum Gasteiger partial charge on any atom is 0.365 e. The van der Waals surface area contributed by atoms with Crippen molar-refractivity contribution in [1.29, 1.82) is 0 Å². The normalized spacial score (nSPS) is 10.7. The van der Waals surface area contributed by atoms with Crippen LogP contribution in [0.4, 0.5) is 14.6 Å². The lowest BCUT2D eigenvalue weighted by molar-refractivity contribution is -0.389. The van der Waals surface area contributed by atoms with Crippen LogP contribution in [0.1, 0.15) is 17.6 Å². The summed E-state index contributed by atoms with van der Waals surface area (Å²) in [4.78, 5) is 12.8. The molecule has 0 saturated carbocycles. The Kier molecular flexibility index (Phi) is 3.76. The molecule has 1 aromatic rings. The van der Waals surface area contributed by atoms with Crippen LogP contribution >= 0.6 is 23.2 Å². The van der Waals surface area contributed by atoms with Gasteiger partial charge < -0.3 is 10.1 Å². The van der Waals surface area contributed by atoms with E-state index >= 15 is 0 Å². The Morgan fingerprint density at radius 2 is 2.20 bits per heavy atom. The van der Waals surface area contributed by atoms with Gasteiger partial charge in [-0.2, -0.15) is 0 Å². The van der Waals surface area contributed by atoms with Crippen LogP contribution in [0.25, 0.3) is 0 Å². The number of aromatic nitrogens is 1. The Hall–Kier alpha value is -1.01. The predicted octanol–water partition coefficient (Wildman–Crippen LogP) is 3.32. The summed E-state index contributed by atoms with van der Waals surface area (Å²) in [5.41, 5.74) is -0.643. The Morgan fingerprint density at radius 3 is 2.60 bits per heavy atom. The molecule has 0 radical (unpaired) electrons. The molecule has 1 aromatic heterocycles. The number of nitro groups is 1. The topological polar surface area (TPSA) is 56.0 Å². The second kappa shape index (κ2) is 4.67. The highest BCUT2D eigenvalue weighted by Crippen LogP contribution is 2.31. The average Bonchev–Trinajstić information content (AvgIpc) is 2.16. The summed E-state index contributed by atoms with van der Waals surface area (Å²) in [7, 11) is 0. The van der Waals surface area contributed by atoms with Crippen molar-refractivity contribution >= 4 is 29.0 Å². The molecule has 0 fully saturated rings. The number of pyridine rings is 1. The number of rotatable bonds is 3. The van der Waals surface area contributed by atoms with Gasteiger partial charge in [0.05, 0.1) is 5.88 Å². The summed E-state index contributed by atoms with van der Waals surface area (Å²) < 4.78 is 24.9. The van der Waals surface area contributed by atoms with E-state index in [-0.39, 0.29) is 16.6 Å². The Bertz CT molecular complexity index is 401. The van der Waals surface area contributed by atoms with Crippen LogP contribution in [0.3, 0.4) is 0 Å². The van der Waals surface area contributed by atoms with Gasteiger partial charge in [-0.15, -0.1) is 11.6 Å². The van der Waals surface area contributed by atoms with Crippen molar-refractivity contribution in [1.82, 2.24) is 4.98 Å². The number of nitrogens with zero attached hydrogens (tertiary/aromatic N) is 2. The molecule has 8 heteroatoms. The van der Waals surface area contributed by atoms with Gasteiger partial charge in [-0.3, -0.25) is 0 Å². The minimum atomic E-state index is -2.88. The molecule has 0 amide bonds. The van der Waals surface area contributed by atoms with Crippen molar-refractivity contribution in [3.8, 4) is 0 Å². The Labute approximate surface area is 93.0 Å². The van der Waals surface area contributed by atoms with Crippen LogP contribution in [0.5, 0.6) is 0 Å². The summed E-state index contributed by atoms with van der Waals surface area (Å²) in [6.07, 6.45) is -2.88. The molecule has 82 valence electrons. The van der Waals surface area contributed by atoms with E-state index in [1.807, 2.05) is 0 Å². The average molecular weight is 257 g/mol. The summed E-state index contributed by atoms with van der Waals surface area (Å²) in [6.45, 7) is 0. The molecular formula is C7H4Cl2F2N2O2. The third kappa shape index (κ3) is 2.51. The third-order valence-electron chi connectivity index (χ3n) is 1.65. The van der Waals surface area contributed by atoms with Gasteiger partial charge in [0.25, 0.3) is 6.43 Å². The number of alkyl halides is 3. The zero-order valence-electron chi connectivity index (χ0n) is 7.08. The number of halogens is 4. The van der Waals surface area contributed by atoms with Crippen LogP contribution in [-0.4, -0.2) is 9.91 Å². The fourth-order valence-electron chi connectivity index (χ4n) is 0.966. The first-order chi connectivity index (χ1) is 6.97. The van der Waals surface area contributed by atoms with Gasteiger partial charge in [-0.1, -0.05) is 0 Å². The van der Waals surface area contributed by atoms with Crippen molar-refractivity contribution < 1.29 is 13.7 Å². The summed E-state index contributed by atoms with van der Waals surface area (Å²) in [6, 6.07) is 0.675. The smallest absolute Gasteiger partial charge is 0.358 e. The molecule has 15 heavy (non-hydrogen) atoms. The lowest BCUT2D eigenvalue weighted by Crippen LogP contribution is -2.00. The molecule has 0 unspecified atom stereocenters. The van der Waals surface area contributed by atoms with E-state index < -0.39 is 22.7 Å². The van der Waals surface area contributed by atoms with Gasteiger partial charge in [-0.05, 0) is 21.5 Å². The molecule has 0 atom stereocenters. The van der Waals surface area contributed by atoms with E-state index in [1.165, 1.54) is 0 Å². The monoisotopic (exact) mass is 256 g/mol. The largest absolute Gasteiger partial charge is 0.365 e. The lowest BCUT2D eigenvalue weighted by atomic mass is 10.1. The molecule has 0 bridgehead atoms.